The summed E-state index contributed by atoms with van der Waals surface area (Å²) in [7, 11) is 0. The third-order valence-corrected chi connectivity index (χ3v) is 3.87. The van der Waals surface area contributed by atoms with Crippen LogP contribution in [0.4, 0.5) is 22.0 Å². The van der Waals surface area contributed by atoms with Gasteiger partial charge in [0.1, 0.15) is 19.1 Å². The van der Waals surface area contributed by atoms with Crippen LogP contribution in [0.1, 0.15) is 16.8 Å². The van der Waals surface area contributed by atoms with Crippen LogP contribution in [0, 0.1) is 5.21 Å². The van der Waals surface area contributed by atoms with Crippen molar-refractivity contribution in [2.75, 3.05) is 13.3 Å². The summed E-state index contributed by atoms with van der Waals surface area (Å²) in [5.41, 5.74) is -3.04. The number of hydrogen-bond donors (Lipinski definition) is 0. The monoisotopic (exact) mass is 357 g/mol. The van der Waals surface area contributed by atoms with E-state index in [4.69, 9.17) is 4.74 Å². The topological polar surface area (TPSA) is 36.2 Å². The van der Waals surface area contributed by atoms with Gasteiger partial charge in [0, 0.05) is 17.7 Å². The molecule has 0 spiro atoms. The van der Waals surface area contributed by atoms with Crippen LogP contribution in [0.5, 0.6) is 5.75 Å². The number of hydrogen-bond acceptors (Lipinski definition) is 2. The van der Waals surface area contributed by atoms with Gasteiger partial charge in [-0.1, -0.05) is 0 Å². The zero-order valence-electron chi connectivity index (χ0n) is 12.7. The molecule has 25 heavy (non-hydrogen) atoms. The van der Waals surface area contributed by atoms with Gasteiger partial charge in [0.05, 0.1) is 11.1 Å². The molecule has 1 aliphatic heterocycles. The quantitative estimate of drug-likeness (QED) is 0.475. The average Bonchev–Trinajstić information content (AvgIpc) is 2.60. The lowest BCUT2D eigenvalue weighted by Gasteiger charge is -2.32. The summed E-state index contributed by atoms with van der Waals surface area (Å²) in [5, 5.41) is 12.0. The number of rotatable bonds is 3. The highest BCUT2D eigenvalue weighted by molar-refractivity contribution is 5.82. The molecule has 0 amide bonds. The van der Waals surface area contributed by atoms with Gasteiger partial charge in [0.15, 0.2) is 11.8 Å². The zero-order chi connectivity index (χ0) is 18.2. The molecule has 0 N–H and O–H groups in total. The van der Waals surface area contributed by atoms with Crippen LogP contribution in [-0.2, 0) is 6.18 Å². The van der Waals surface area contributed by atoms with Crippen LogP contribution >= 0.6 is 0 Å². The number of ether oxygens (including phenoxy) is 1. The molecule has 2 aromatic rings. The molecule has 3 nitrogen and oxygen atoms in total. The predicted molar refractivity (Wildman–Crippen MR) is 79.2 cm³/mol. The molecule has 132 valence electrons. The molecule has 8 heteroatoms. The molecule has 0 atom stereocenters. The van der Waals surface area contributed by atoms with Crippen molar-refractivity contribution in [1.29, 1.82) is 0 Å². The highest BCUT2D eigenvalue weighted by Gasteiger charge is 2.40. The summed E-state index contributed by atoms with van der Waals surface area (Å²) in [6.07, 6.45) is -2.44. The van der Waals surface area contributed by atoms with E-state index in [1.54, 1.807) is 0 Å². The normalized spacial score (nSPS) is 16.0. The molecule has 3 rings (SSSR count). The first kappa shape index (κ1) is 17.2. The van der Waals surface area contributed by atoms with Gasteiger partial charge in [-0.15, -0.1) is 0 Å². The van der Waals surface area contributed by atoms with Crippen molar-refractivity contribution in [2.45, 2.75) is 11.8 Å². The first-order valence-electron chi connectivity index (χ1n) is 7.24. The van der Waals surface area contributed by atoms with Gasteiger partial charge < -0.3 is 9.94 Å². The van der Waals surface area contributed by atoms with Crippen molar-refractivity contribution >= 4 is 5.57 Å². The largest absolute Gasteiger partial charge is 0.618 e. The molecular weight excluding hydrogens is 345 g/mol. The minimum Gasteiger partial charge on any atom is -0.618 e. The van der Waals surface area contributed by atoms with Crippen molar-refractivity contribution in [2.24, 2.45) is 0 Å². The van der Waals surface area contributed by atoms with Crippen LogP contribution in [-0.4, -0.2) is 19.0 Å². The summed E-state index contributed by atoms with van der Waals surface area (Å²) in [5.74, 6) is -0.121. The number of alkyl halides is 5. The fourth-order valence-corrected chi connectivity index (χ4v) is 2.61. The number of fused-ring (bicyclic) bond motifs is 1. The predicted octanol–water partition coefficient (Wildman–Crippen LogP) is 3.84. The van der Waals surface area contributed by atoms with Gasteiger partial charge in [0.25, 0.3) is 0 Å². The summed E-state index contributed by atoms with van der Waals surface area (Å²) in [6.45, 7) is -2.47. The number of benzene rings is 1. The highest BCUT2D eigenvalue weighted by Crippen LogP contribution is 2.42. The summed E-state index contributed by atoms with van der Waals surface area (Å²) in [6, 6.07) is 6.85. The van der Waals surface area contributed by atoms with Gasteiger partial charge >= 0.3 is 6.18 Å². The molecule has 0 saturated carbocycles. The van der Waals surface area contributed by atoms with E-state index in [0.29, 0.717) is 4.73 Å². The average molecular weight is 357 g/mol. The van der Waals surface area contributed by atoms with E-state index in [9.17, 15) is 27.2 Å². The molecule has 0 aliphatic carbocycles. The van der Waals surface area contributed by atoms with Crippen molar-refractivity contribution in [3.05, 3.63) is 70.7 Å². The maximum Gasteiger partial charge on any atom is 0.416 e. The first-order chi connectivity index (χ1) is 11.8. The molecule has 0 radical (unpaired) electrons. The van der Waals surface area contributed by atoms with Gasteiger partial charge in [-0.3, -0.25) is 0 Å². The molecule has 1 aromatic carbocycles. The van der Waals surface area contributed by atoms with Gasteiger partial charge in [-0.25, -0.2) is 8.78 Å². The van der Waals surface area contributed by atoms with Crippen molar-refractivity contribution in [1.82, 2.24) is 0 Å². The van der Waals surface area contributed by atoms with E-state index in [1.165, 1.54) is 18.2 Å². The SMILES string of the molecule is [O-][n+]1ccccc1C1=CC(CF)(CF)Oc2ccc(C(F)(F)F)cc21. The van der Waals surface area contributed by atoms with Crippen LogP contribution in [0.25, 0.3) is 5.57 Å². The number of halogens is 5. The Bertz CT molecular complexity index is 828. The Kier molecular flexibility index (Phi) is 4.14. The summed E-state index contributed by atoms with van der Waals surface area (Å²) < 4.78 is 71.5. The fraction of sp³-hybridized carbons (Fsp3) is 0.235. The number of nitrogens with zero attached hydrogens (tertiary/aromatic N) is 1. The third-order valence-electron chi connectivity index (χ3n) is 3.87. The molecular formula is C17H12F5NO2. The Balaban J connectivity index is 2.26. The zero-order valence-corrected chi connectivity index (χ0v) is 12.7. The molecule has 0 bridgehead atoms. The van der Waals surface area contributed by atoms with Crippen molar-refractivity contribution in [3.8, 4) is 5.75 Å². The standard InChI is InChI=1S/C17H12F5NO2/c18-9-16(10-19)8-13(14-3-1-2-6-23(14)24)12-7-11(17(20,21)22)4-5-15(12)25-16/h1-8H,9-10H2. The molecule has 1 aliphatic rings. The third kappa shape index (κ3) is 3.04. The smallest absolute Gasteiger partial charge is 0.416 e. The summed E-state index contributed by atoms with van der Waals surface area (Å²) in [4.78, 5) is 0. The van der Waals surface area contributed by atoms with Gasteiger partial charge in [-0.05, 0) is 30.3 Å². The molecule has 1 aromatic heterocycles. The number of aromatic nitrogens is 1. The Morgan fingerprint density at radius 1 is 1.08 bits per heavy atom. The van der Waals surface area contributed by atoms with Crippen LogP contribution < -0.4 is 9.47 Å². The molecule has 0 fully saturated rings. The van der Waals surface area contributed by atoms with Gasteiger partial charge in [0.2, 0.25) is 5.69 Å². The first-order valence-corrected chi connectivity index (χ1v) is 7.24. The minimum absolute atomic E-state index is 0.0155. The minimum atomic E-state index is -4.61. The Hall–Kier alpha value is -2.64. The van der Waals surface area contributed by atoms with E-state index in [-0.39, 0.29) is 22.6 Å². The fourth-order valence-electron chi connectivity index (χ4n) is 2.61. The second-order valence-electron chi connectivity index (χ2n) is 5.61. The lowest BCUT2D eigenvalue weighted by atomic mass is 9.90. The lowest BCUT2D eigenvalue weighted by molar-refractivity contribution is -0.608. The molecule has 0 saturated heterocycles. The van der Waals surface area contributed by atoms with Crippen LogP contribution in [0.3, 0.4) is 0 Å². The maximum atomic E-state index is 13.4. The Morgan fingerprint density at radius 2 is 1.80 bits per heavy atom. The maximum absolute atomic E-state index is 13.4. The van der Waals surface area contributed by atoms with Crippen molar-refractivity contribution in [3.63, 3.8) is 0 Å². The second kappa shape index (κ2) is 6.02. The van der Waals surface area contributed by atoms with Crippen molar-refractivity contribution < 1.29 is 31.4 Å². The van der Waals surface area contributed by atoms with E-state index < -0.39 is 30.7 Å². The Morgan fingerprint density at radius 3 is 2.40 bits per heavy atom. The highest BCUT2D eigenvalue weighted by atomic mass is 19.4. The van der Waals surface area contributed by atoms with Crippen LogP contribution in [0.15, 0.2) is 48.7 Å². The Labute approximate surface area is 139 Å². The van der Waals surface area contributed by atoms with E-state index in [0.717, 1.165) is 30.5 Å². The van der Waals surface area contributed by atoms with E-state index >= 15 is 0 Å². The van der Waals surface area contributed by atoms with E-state index in [2.05, 4.69) is 0 Å². The van der Waals surface area contributed by atoms with Crippen LogP contribution in [0.2, 0.25) is 0 Å². The number of pyridine rings is 1. The summed E-state index contributed by atoms with van der Waals surface area (Å²) >= 11 is 0. The second-order valence-corrected chi connectivity index (χ2v) is 5.61. The van der Waals surface area contributed by atoms with E-state index in [1.807, 2.05) is 0 Å². The molecule has 2 heterocycles. The van der Waals surface area contributed by atoms with Gasteiger partial charge in [-0.2, -0.15) is 17.9 Å². The lowest BCUT2D eigenvalue weighted by Crippen LogP contribution is -2.42. The molecule has 0 unspecified atom stereocenters.